The molecule has 88 valence electrons. The van der Waals surface area contributed by atoms with E-state index in [9.17, 15) is 4.79 Å². The molecule has 2 rings (SSSR count). The summed E-state index contributed by atoms with van der Waals surface area (Å²) in [6.45, 7) is 5.43. The Balaban J connectivity index is 2.34. The van der Waals surface area contributed by atoms with Crippen molar-refractivity contribution >= 4 is 5.78 Å². The van der Waals surface area contributed by atoms with Gasteiger partial charge >= 0.3 is 0 Å². The van der Waals surface area contributed by atoms with Gasteiger partial charge in [-0.1, -0.05) is 17.7 Å². The summed E-state index contributed by atoms with van der Waals surface area (Å²) in [6.07, 6.45) is 0.335. The lowest BCUT2D eigenvalue weighted by Gasteiger charge is -1.95. The number of hydrogen-bond donors (Lipinski definition) is 0. The van der Waals surface area contributed by atoms with Crippen LogP contribution >= 0.6 is 0 Å². The average Bonchev–Trinajstić information content (AvgIpc) is 2.60. The third-order valence-electron chi connectivity index (χ3n) is 2.61. The van der Waals surface area contributed by atoms with Gasteiger partial charge in [0.1, 0.15) is 11.5 Å². The van der Waals surface area contributed by atoms with E-state index in [2.05, 4.69) is 4.98 Å². The second-order valence-electron chi connectivity index (χ2n) is 4.27. The first-order valence-electron chi connectivity index (χ1n) is 5.59. The molecule has 1 heterocycles. The smallest absolute Gasteiger partial charge is 0.226 e. The van der Waals surface area contributed by atoms with Crippen LogP contribution in [-0.4, -0.2) is 10.8 Å². The molecular formula is C14H15NO2. The molecular weight excluding hydrogens is 214 g/mol. The van der Waals surface area contributed by atoms with E-state index >= 15 is 0 Å². The average molecular weight is 229 g/mol. The zero-order chi connectivity index (χ0) is 12.4. The molecule has 0 N–H and O–H groups in total. The number of ketones is 1. The maximum atomic E-state index is 11.1. The summed E-state index contributed by atoms with van der Waals surface area (Å²) >= 11 is 0. The Morgan fingerprint density at radius 3 is 2.47 bits per heavy atom. The summed E-state index contributed by atoms with van der Waals surface area (Å²) in [4.78, 5) is 15.4. The number of carbonyl (C=O) groups is 1. The van der Waals surface area contributed by atoms with Crippen LogP contribution in [0, 0.1) is 13.8 Å². The van der Waals surface area contributed by atoms with E-state index in [0.717, 1.165) is 17.0 Å². The molecule has 1 aromatic carbocycles. The van der Waals surface area contributed by atoms with Crippen molar-refractivity contribution in [2.45, 2.75) is 27.2 Å². The van der Waals surface area contributed by atoms with Gasteiger partial charge in [-0.15, -0.1) is 0 Å². The fourth-order valence-electron chi connectivity index (χ4n) is 1.65. The van der Waals surface area contributed by atoms with Gasteiger partial charge in [0, 0.05) is 5.56 Å². The lowest BCUT2D eigenvalue weighted by Crippen LogP contribution is -1.98. The SMILES string of the molecule is CC(=O)Cc1nc(-c2ccc(C)cc2)oc1C. The quantitative estimate of drug-likeness (QED) is 0.812. The molecule has 0 fully saturated rings. The van der Waals surface area contributed by atoms with Gasteiger partial charge in [-0.05, 0) is 32.9 Å². The maximum absolute atomic E-state index is 11.1. The van der Waals surface area contributed by atoms with Gasteiger partial charge in [0.25, 0.3) is 0 Å². The minimum Gasteiger partial charge on any atom is -0.441 e. The molecule has 0 aliphatic carbocycles. The van der Waals surface area contributed by atoms with Crippen molar-refractivity contribution in [1.82, 2.24) is 4.98 Å². The topological polar surface area (TPSA) is 43.1 Å². The number of Topliss-reactive ketones (excluding diaryl/α,β-unsaturated/α-hetero) is 1. The van der Waals surface area contributed by atoms with Crippen LogP contribution in [-0.2, 0) is 11.2 Å². The molecule has 0 radical (unpaired) electrons. The van der Waals surface area contributed by atoms with E-state index in [4.69, 9.17) is 4.42 Å². The molecule has 0 aliphatic rings. The van der Waals surface area contributed by atoms with Crippen LogP contribution in [0.4, 0.5) is 0 Å². The van der Waals surface area contributed by atoms with Gasteiger partial charge in [0.2, 0.25) is 5.89 Å². The van der Waals surface area contributed by atoms with Gasteiger partial charge in [-0.3, -0.25) is 4.79 Å². The van der Waals surface area contributed by atoms with E-state index in [0.29, 0.717) is 12.3 Å². The number of hydrogen-bond acceptors (Lipinski definition) is 3. The molecule has 0 bridgehead atoms. The molecule has 0 saturated heterocycles. The maximum Gasteiger partial charge on any atom is 0.226 e. The molecule has 3 heteroatoms. The van der Waals surface area contributed by atoms with Gasteiger partial charge in [-0.25, -0.2) is 4.98 Å². The molecule has 2 aromatic rings. The summed E-state index contributed by atoms with van der Waals surface area (Å²) in [5, 5.41) is 0. The van der Waals surface area contributed by atoms with Crippen molar-refractivity contribution in [3.8, 4) is 11.5 Å². The first-order chi connectivity index (χ1) is 8.06. The summed E-state index contributed by atoms with van der Waals surface area (Å²) in [5.41, 5.74) is 2.86. The molecule has 0 spiro atoms. The van der Waals surface area contributed by atoms with Gasteiger partial charge < -0.3 is 4.42 Å². The van der Waals surface area contributed by atoms with Gasteiger partial charge in [0.15, 0.2) is 0 Å². The zero-order valence-corrected chi connectivity index (χ0v) is 10.3. The molecule has 0 unspecified atom stereocenters. The number of carbonyl (C=O) groups excluding carboxylic acids is 1. The normalized spacial score (nSPS) is 10.5. The van der Waals surface area contributed by atoms with Crippen molar-refractivity contribution in [3.63, 3.8) is 0 Å². The van der Waals surface area contributed by atoms with E-state index in [1.807, 2.05) is 38.1 Å². The van der Waals surface area contributed by atoms with Crippen LogP contribution in [0.1, 0.15) is 23.9 Å². The van der Waals surface area contributed by atoms with Crippen LogP contribution in [0.3, 0.4) is 0 Å². The zero-order valence-electron chi connectivity index (χ0n) is 10.3. The van der Waals surface area contributed by atoms with E-state index in [-0.39, 0.29) is 5.78 Å². The Bertz CT molecular complexity index is 538. The van der Waals surface area contributed by atoms with E-state index in [1.165, 1.54) is 5.56 Å². The van der Waals surface area contributed by atoms with Gasteiger partial charge in [-0.2, -0.15) is 0 Å². The third kappa shape index (κ3) is 2.61. The number of rotatable bonds is 3. The second-order valence-corrected chi connectivity index (χ2v) is 4.27. The highest BCUT2D eigenvalue weighted by molar-refractivity contribution is 5.78. The molecule has 0 atom stereocenters. The number of aryl methyl sites for hydroxylation is 2. The summed E-state index contributed by atoms with van der Waals surface area (Å²) in [6, 6.07) is 7.97. The molecule has 0 aliphatic heterocycles. The molecule has 1 aromatic heterocycles. The van der Waals surface area contributed by atoms with Gasteiger partial charge in [0.05, 0.1) is 12.1 Å². The Hall–Kier alpha value is -1.90. The summed E-state index contributed by atoms with van der Waals surface area (Å²) < 4.78 is 5.58. The van der Waals surface area contributed by atoms with Crippen LogP contribution in [0.2, 0.25) is 0 Å². The van der Waals surface area contributed by atoms with Crippen LogP contribution in [0.25, 0.3) is 11.5 Å². The van der Waals surface area contributed by atoms with Crippen LogP contribution in [0.15, 0.2) is 28.7 Å². The number of aromatic nitrogens is 1. The molecule has 3 nitrogen and oxygen atoms in total. The predicted octanol–water partition coefficient (Wildman–Crippen LogP) is 3.09. The van der Waals surface area contributed by atoms with Crippen molar-refractivity contribution in [3.05, 3.63) is 41.3 Å². The van der Waals surface area contributed by atoms with Crippen molar-refractivity contribution in [2.24, 2.45) is 0 Å². The van der Waals surface area contributed by atoms with E-state index in [1.54, 1.807) is 6.92 Å². The lowest BCUT2D eigenvalue weighted by molar-refractivity contribution is -0.116. The van der Waals surface area contributed by atoms with Crippen molar-refractivity contribution < 1.29 is 9.21 Å². The van der Waals surface area contributed by atoms with Crippen molar-refractivity contribution in [1.29, 1.82) is 0 Å². The summed E-state index contributed by atoms with van der Waals surface area (Å²) in [7, 11) is 0. The standard InChI is InChI=1S/C14H15NO2/c1-9-4-6-12(7-5-9)14-15-13(8-10(2)16)11(3)17-14/h4-7H,8H2,1-3H3. The second kappa shape index (κ2) is 4.53. The number of benzene rings is 1. The highest BCUT2D eigenvalue weighted by atomic mass is 16.4. The monoisotopic (exact) mass is 229 g/mol. The minimum atomic E-state index is 0.0943. The Morgan fingerprint density at radius 1 is 1.24 bits per heavy atom. The first-order valence-corrected chi connectivity index (χ1v) is 5.59. The third-order valence-corrected chi connectivity index (χ3v) is 2.61. The highest BCUT2D eigenvalue weighted by Gasteiger charge is 2.12. The largest absolute Gasteiger partial charge is 0.441 e. The van der Waals surface area contributed by atoms with Crippen LogP contribution < -0.4 is 0 Å². The summed E-state index contributed by atoms with van der Waals surface area (Å²) in [5.74, 6) is 1.39. The molecule has 0 amide bonds. The first kappa shape index (κ1) is 11.6. The Kier molecular flexibility index (Phi) is 3.09. The molecule has 0 saturated carbocycles. The fraction of sp³-hybridized carbons (Fsp3) is 0.286. The molecule has 17 heavy (non-hydrogen) atoms. The van der Waals surface area contributed by atoms with Crippen LogP contribution in [0.5, 0.6) is 0 Å². The van der Waals surface area contributed by atoms with E-state index < -0.39 is 0 Å². The lowest BCUT2D eigenvalue weighted by atomic mass is 10.1. The minimum absolute atomic E-state index is 0.0943. The fourth-order valence-corrected chi connectivity index (χ4v) is 1.65. The van der Waals surface area contributed by atoms with Crippen molar-refractivity contribution in [2.75, 3.05) is 0 Å². The number of oxazole rings is 1. The Labute approximate surface area is 100 Å². The predicted molar refractivity (Wildman–Crippen MR) is 65.8 cm³/mol. The Morgan fingerprint density at radius 2 is 1.88 bits per heavy atom. The highest BCUT2D eigenvalue weighted by Crippen LogP contribution is 2.22. The number of nitrogens with zero attached hydrogens (tertiary/aromatic N) is 1.